The van der Waals surface area contributed by atoms with E-state index in [9.17, 15) is 14.4 Å². The van der Waals surface area contributed by atoms with Crippen molar-refractivity contribution < 1.29 is 14.4 Å². The van der Waals surface area contributed by atoms with Crippen molar-refractivity contribution in [2.75, 3.05) is 9.80 Å². The number of carbonyl (C=O) groups is 3. The van der Waals surface area contributed by atoms with Crippen LogP contribution in [0.15, 0.2) is 42.5 Å². The van der Waals surface area contributed by atoms with Gasteiger partial charge in [0.15, 0.2) is 5.78 Å². The lowest BCUT2D eigenvalue weighted by Crippen LogP contribution is -2.48. The first-order chi connectivity index (χ1) is 14.3. The minimum atomic E-state index is -0.713. The molecule has 4 atom stereocenters. The van der Waals surface area contributed by atoms with E-state index < -0.39 is 17.9 Å². The average molecular weight is 421 g/mol. The van der Waals surface area contributed by atoms with Crippen molar-refractivity contribution in [1.29, 1.82) is 0 Å². The van der Waals surface area contributed by atoms with E-state index in [-0.39, 0.29) is 23.6 Å². The normalized spacial score (nSPS) is 26.7. The number of carbonyl (C=O) groups excluding carboxylic acids is 3. The molecule has 5 nitrogen and oxygen atoms in total. The fourth-order valence-electron chi connectivity index (χ4n) is 5.23. The van der Waals surface area contributed by atoms with Crippen molar-refractivity contribution in [1.82, 2.24) is 0 Å². The van der Waals surface area contributed by atoms with Crippen LogP contribution >= 0.6 is 11.6 Å². The Morgan fingerprint density at radius 1 is 1.00 bits per heavy atom. The summed E-state index contributed by atoms with van der Waals surface area (Å²) in [7, 11) is 0. The largest absolute Gasteiger partial charge is 0.353 e. The van der Waals surface area contributed by atoms with Crippen LogP contribution in [0, 0.1) is 25.7 Å². The molecule has 30 heavy (non-hydrogen) atoms. The maximum absolute atomic E-state index is 13.5. The molecular formula is C24H21ClN2O3. The molecular weight excluding hydrogens is 400 g/mol. The maximum Gasteiger partial charge on any atom is 0.240 e. The van der Waals surface area contributed by atoms with Gasteiger partial charge in [0.05, 0.1) is 23.6 Å². The van der Waals surface area contributed by atoms with Gasteiger partial charge in [-0.05, 0) is 56.2 Å². The molecule has 2 amide bonds. The van der Waals surface area contributed by atoms with E-state index in [0.29, 0.717) is 16.3 Å². The monoisotopic (exact) mass is 420 g/mol. The van der Waals surface area contributed by atoms with E-state index in [1.807, 2.05) is 36.1 Å². The van der Waals surface area contributed by atoms with Gasteiger partial charge in [-0.15, -0.1) is 0 Å². The third kappa shape index (κ3) is 2.45. The second-order valence-electron chi connectivity index (χ2n) is 8.32. The third-order valence-electron chi connectivity index (χ3n) is 6.56. The summed E-state index contributed by atoms with van der Waals surface area (Å²) >= 11 is 6.24. The Bertz CT molecular complexity index is 1160. The highest BCUT2D eigenvalue weighted by atomic mass is 35.5. The second kappa shape index (κ2) is 6.54. The lowest BCUT2D eigenvalue weighted by molar-refractivity contribution is -0.126. The minimum absolute atomic E-state index is 0.111. The van der Waals surface area contributed by atoms with Crippen molar-refractivity contribution in [2.45, 2.75) is 32.9 Å². The van der Waals surface area contributed by atoms with Crippen LogP contribution in [-0.2, 0) is 14.4 Å². The summed E-state index contributed by atoms with van der Waals surface area (Å²) in [5.74, 6) is -2.02. The summed E-state index contributed by atoms with van der Waals surface area (Å²) in [6.07, 6.45) is 3.95. The molecule has 2 aromatic carbocycles. The number of benzene rings is 2. The molecule has 0 saturated carbocycles. The predicted molar refractivity (Wildman–Crippen MR) is 117 cm³/mol. The van der Waals surface area contributed by atoms with Crippen LogP contribution in [0.1, 0.15) is 23.6 Å². The van der Waals surface area contributed by atoms with E-state index in [0.717, 1.165) is 16.8 Å². The van der Waals surface area contributed by atoms with E-state index in [1.165, 1.54) is 11.8 Å². The summed E-state index contributed by atoms with van der Waals surface area (Å²) in [4.78, 5) is 43.1. The number of hydrogen-bond donors (Lipinski definition) is 0. The minimum Gasteiger partial charge on any atom is -0.353 e. The number of nitrogens with zero attached hydrogens (tertiary/aromatic N) is 2. The smallest absolute Gasteiger partial charge is 0.240 e. The molecule has 3 heterocycles. The molecule has 2 aromatic rings. The molecule has 0 N–H and O–H groups in total. The first-order valence-electron chi connectivity index (χ1n) is 10.0. The van der Waals surface area contributed by atoms with Gasteiger partial charge in [0.2, 0.25) is 11.8 Å². The highest BCUT2D eigenvalue weighted by Crippen LogP contribution is 2.49. The number of fused-ring (bicyclic) bond motifs is 5. The molecule has 0 aromatic heterocycles. The topological polar surface area (TPSA) is 57.7 Å². The van der Waals surface area contributed by atoms with Crippen LogP contribution in [0.5, 0.6) is 0 Å². The molecule has 5 rings (SSSR count). The Balaban J connectivity index is 1.64. The van der Waals surface area contributed by atoms with Crippen molar-refractivity contribution in [3.63, 3.8) is 0 Å². The second-order valence-corrected chi connectivity index (χ2v) is 8.73. The number of anilines is 2. The van der Waals surface area contributed by atoms with Crippen LogP contribution in [0.2, 0.25) is 5.02 Å². The molecule has 2 saturated heterocycles. The van der Waals surface area contributed by atoms with Gasteiger partial charge in [0.1, 0.15) is 6.04 Å². The van der Waals surface area contributed by atoms with Gasteiger partial charge in [0.25, 0.3) is 0 Å². The highest BCUT2D eigenvalue weighted by Gasteiger charge is 2.63. The lowest BCUT2D eigenvalue weighted by Gasteiger charge is -2.36. The molecule has 0 unspecified atom stereocenters. The standard InChI is InChI=1S/C24H21ClN2O3/c1-12-7-9-18-15(11-12)8-10-19-20-21(22(14(3)28)26(18)19)24(30)27(23(20)29)17-6-4-5-16(25)13(17)2/h4-11,19-22H,1-3H3/t19-,20+,21-,22-/m1/s1. The zero-order valence-electron chi connectivity index (χ0n) is 16.9. The Labute approximate surface area is 179 Å². The summed E-state index contributed by atoms with van der Waals surface area (Å²) < 4.78 is 0. The lowest BCUT2D eigenvalue weighted by atomic mass is 9.88. The first-order valence-corrected chi connectivity index (χ1v) is 10.4. The summed E-state index contributed by atoms with van der Waals surface area (Å²) in [5, 5.41) is 0.497. The molecule has 0 radical (unpaired) electrons. The highest BCUT2D eigenvalue weighted by molar-refractivity contribution is 6.32. The molecule has 152 valence electrons. The number of amides is 2. The zero-order chi connectivity index (χ0) is 21.3. The van der Waals surface area contributed by atoms with Crippen molar-refractivity contribution in [3.05, 3.63) is 64.2 Å². The number of aryl methyl sites for hydroxylation is 1. The van der Waals surface area contributed by atoms with E-state index in [2.05, 4.69) is 6.07 Å². The summed E-state index contributed by atoms with van der Waals surface area (Å²) in [5.41, 5.74) is 4.19. The van der Waals surface area contributed by atoms with Gasteiger partial charge in [-0.3, -0.25) is 14.4 Å². The maximum atomic E-state index is 13.5. The van der Waals surface area contributed by atoms with Crippen LogP contribution in [-0.4, -0.2) is 29.7 Å². The van der Waals surface area contributed by atoms with Crippen LogP contribution < -0.4 is 9.80 Å². The molecule has 3 aliphatic rings. The Hall–Kier alpha value is -2.92. The van der Waals surface area contributed by atoms with E-state index in [1.54, 1.807) is 25.1 Å². The average Bonchev–Trinajstić information content (AvgIpc) is 3.17. The van der Waals surface area contributed by atoms with Crippen LogP contribution in [0.4, 0.5) is 11.4 Å². The molecule has 0 aliphatic carbocycles. The number of hydrogen-bond acceptors (Lipinski definition) is 4. The number of imide groups is 1. The number of halogens is 1. The number of ketones is 1. The fraction of sp³-hybridized carbons (Fsp3) is 0.292. The summed E-state index contributed by atoms with van der Waals surface area (Å²) in [6, 6.07) is 10.2. The Morgan fingerprint density at radius 2 is 1.73 bits per heavy atom. The van der Waals surface area contributed by atoms with Gasteiger partial charge in [-0.1, -0.05) is 41.4 Å². The van der Waals surface area contributed by atoms with E-state index >= 15 is 0 Å². The van der Waals surface area contributed by atoms with Crippen LogP contribution in [0.3, 0.4) is 0 Å². The molecule has 6 heteroatoms. The van der Waals surface area contributed by atoms with Gasteiger partial charge in [0, 0.05) is 10.7 Å². The quantitative estimate of drug-likeness (QED) is 0.690. The SMILES string of the molecule is CC(=O)[C@@H]1[C@@H]2C(=O)N(c3cccc(Cl)c3C)C(=O)[C@H]2[C@H]2C=Cc3cc(C)ccc3N21. The first kappa shape index (κ1) is 19.1. The third-order valence-corrected chi connectivity index (χ3v) is 6.97. The Kier molecular flexibility index (Phi) is 4.16. The Morgan fingerprint density at radius 3 is 2.47 bits per heavy atom. The van der Waals surface area contributed by atoms with Gasteiger partial charge < -0.3 is 4.90 Å². The van der Waals surface area contributed by atoms with Gasteiger partial charge in [-0.2, -0.15) is 0 Å². The van der Waals surface area contributed by atoms with Crippen molar-refractivity contribution in [2.24, 2.45) is 11.8 Å². The summed E-state index contributed by atoms with van der Waals surface area (Å²) in [6.45, 7) is 5.31. The van der Waals surface area contributed by atoms with Crippen molar-refractivity contribution in [3.8, 4) is 0 Å². The number of rotatable bonds is 2. The van der Waals surface area contributed by atoms with Crippen LogP contribution in [0.25, 0.3) is 6.08 Å². The van der Waals surface area contributed by atoms with Gasteiger partial charge in [-0.25, -0.2) is 4.90 Å². The molecule has 0 bridgehead atoms. The van der Waals surface area contributed by atoms with Crippen molar-refractivity contribution >= 4 is 46.6 Å². The number of Topliss-reactive ketones (excluding diaryl/α,β-unsaturated/α-hetero) is 1. The fourth-order valence-corrected chi connectivity index (χ4v) is 5.40. The predicted octanol–water partition coefficient (Wildman–Crippen LogP) is 3.94. The molecule has 3 aliphatic heterocycles. The molecule has 0 spiro atoms. The van der Waals surface area contributed by atoms with Gasteiger partial charge >= 0.3 is 0 Å². The zero-order valence-corrected chi connectivity index (χ0v) is 17.7. The van der Waals surface area contributed by atoms with E-state index in [4.69, 9.17) is 11.6 Å². The molecule has 2 fully saturated rings.